The van der Waals surface area contributed by atoms with E-state index in [1.165, 1.54) is 5.56 Å². The van der Waals surface area contributed by atoms with E-state index in [1.807, 2.05) is 60.7 Å². The van der Waals surface area contributed by atoms with Crippen molar-refractivity contribution in [3.63, 3.8) is 0 Å². The van der Waals surface area contributed by atoms with Gasteiger partial charge in [-0.2, -0.15) is 0 Å². The Morgan fingerprint density at radius 1 is 0.886 bits per heavy atom. The second-order valence-corrected chi connectivity index (χ2v) is 8.62. The summed E-state index contributed by atoms with van der Waals surface area (Å²) in [6.45, 7) is 3.21. The lowest BCUT2D eigenvalue weighted by atomic mass is 10.0. The van der Waals surface area contributed by atoms with Gasteiger partial charge in [0, 0.05) is 31.1 Å². The molecule has 2 atom stereocenters. The molecule has 0 saturated carbocycles. The Morgan fingerprint density at radius 2 is 1.66 bits per heavy atom. The Hall–Kier alpha value is -3.61. The zero-order chi connectivity index (χ0) is 24.6. The quantitative estimate of drug-likeness (QED) is 0.321. The Bertz CT molecular complexity index is 1290. The zero-order valence-corrected chi connectivity index (χ0v) is 20.4. The first-order chi connectivity index (χ1) is 17.1. The summed E-state index contributed by atoms with van der Waals surface area (Å²) < 4.78 is 17.2. The number of fused-ring (bicyclic) bond motifs is 1. The maximum absolute atomic E-state index is 12.1. The molecule has 0 bridgehead atoms. The van der Waals surface area contributed by atoms with Gasteiger partial charge >= 0.3 is 0 Å². The van der Waals surface area contributed by atoms with Crippen LogP contribution in [-0.2, 0) is 17.8 Å². The van der Waals surface area contributed by atoms with E-state index < -0.39 is 0 Å². The van der Waals surface area contributed by atoms with E-state index in [1.54, 1.807) is 20.3 Å². The number of aromatic nitrogens is 1. The number of rotatable bonds is 11. The van der Waals surface area contributed by atoms with Gasteiger partial charge in [-0.3, -0.25) is 4.79 Å². The van der Waals surface area contributed by atoms with Crippen molar-refractivity contribution in [1.29, 1.82) is 0 Å². The molecule has 4 rings (SSSR count). The van der Waals surface area contributed by atoms with Crippen LogP contribution in [0.3, 0.4) is 0 Å². The molecule has 0 unspecified atom stereocenters. The van der Waals surface area contributed by atoms with Crippen LogP contribution in [0.1, 0.15) is 29.7 Å². The largest absolute Gasteiger partial charge is 0.497 e. The molecule has 0 spiro atoms. The fraction of sp³-hybridized carbons (Fsp3) is 0.276. The van der Waals surface area contributed by atoms with Crippen molar-refractivity contribution in [3.8, 4) is 11.5 Å². The van der Waals surface area contributed by atoms with Crippen LogP contribution in [-0.4, -0.2) is 31.8 Å². The average Bonchev–Trinajstić information content (AvgIpc) is 2.89. The maximum Gasteiger partial charge on any atom is 0.248 e. The molecular weight excluding hydrogens is 440 g/mol. The van der Waals surface area contributed by atoms with E-state index in [4.69, 9.17) is 14.2 Å². The van der Waals surface area contributed by atoms with Crippen LogP contribution >= 0.6 is 0 Å². The summed E-state index contributed by atoms with van der Waals surface area (Å²) >= 11 is 0. The summed E-state index contributed by atoms with van der Waals surface area (Å²) in [6.07, 6.45) is 0.700. The molecule has 0 fully saturated rings. The molecule has 6 nitrogen and oxygen atoms in total. The third-order valence-corrected chi connectivity index (χ3v) is 6.11. The summed E-state index contributed by atoms with van der Waals surface area (Å²) in [4.78, 5) is 15.1. The fourth-order valence-corrected chi connectivity index (χ4v) is 4.20. The molecule has 0 aliphatic carbocycles. The summed E-state index contributed by atoms with van der Waals surface area (Å²) in [5, 5.41) is 4.50. The molecular formula is C29H32N2O4. The number of pyridine rings is 1. The smallest absolute Gasteiger partial charge is 0.248 e. The van der Waals surface area contributed by atoms with Crippen molar-refractivity contribution in [2.45, 2.75) is 32.1 Å². The van der Waals surface area contributed by atoms with E-state index in [-0.39, 0.29) is 17.7 Å². The normalized spacial score (nSPS) is 12.9. The molecule has 0 saturated heterocycles. The third kappa shape index (κ3) is 6.29. The van der Waals surface area contributed by atoms with Crippen molar-refractivity contribution in [2.75, 3.05) is 20.8 Å². The van der Waals surface area contributed by atoms with Crippen LogP contribution in [0.25, 0.3) is 10.9 Å². The number of hydrogen-bond acceptors (Lipinski definition) is 5. The Morgan fingerprint density at radius 3 is 2.37 bits per heavy atom. The third-order valence-electron chi connectivity index (χ3n) is 6.11. The lowest BCUT2D eigenvalue weighted by Gasteiger charge is -2.22. The van der Waals surface area contributed by atoms with Crippen molar-refractivity contribution in [2.24, 2.45) is 0 Å². The number of H-pyrrole nitrogens is 1. The lowest BCUT2D eigenvalue weighted by molar-refractivity contribution is 0.101. The summed E-state index contributed by atoms with van der Waals surface area (Å²) in [5.41, 5.74) is 3.81. The minimum absolute atomic E-state index is 0.167. The van der Waals surface area contributed by atoms with Gasteiger partial charge in [-0.1, -0.05) is 48.5 Å². The van der Waals surface area contributed by atoms with Crippen LogP contribution in [0, 0.1) is 0 Å². The molecule has 6 heteroatoms. The monoisotopic (exact) mass is 472 g/mol. The summed E-state index contributed by atoms with van der Waals surface area (Å²) in [6, 6.07) is 25.6. The molecule has 0 amide bonds. The molecule has 35 heavy (non-hydrogen) atoms. The van der Waals surface area contributed by atoms with Crippen molar-refractivity contribution in [1.82, 2.24) is 10.3 Å². The molecule has 4 aromatic rings. The first kappa shape index (κ1) is 24.5. The van der Waals surface area contributed by atoms with Gasteiger partial charge in [-0.25, -0.2) is 0 Å². The van der Waals surface area contributed by atoms with Gasteiger partial charge < -0.3 is 24.5 Å². The van der Waals surface area contributed by atoms with E-state index in [0.29, 0.717) is 24.4 Å². The molecule has 3 aromatic carbocycles. The van der Waals surface area contributed by atoms with Gasteiger partial charge in [0.25, 0.3) is 0 Å². The van der Waals surface area contributed by atoms with Crippen molar-refractivity contribution < 1.29 is 14.2 Å². The standard InChI is InChI=1S/C29H32N2O4/c1-20(17-21-9-11-23(33-2)12-10-21)30-18-27(34-3)24-13-15-26(29-25(24)14-16-28(32)31-29)35-19-22-7-5-4-6-8-22/h4-16,20,27,30H,17-19H2,1-3H3,(H,31,32)/t20-,27-/m0/s1. The molecule has 0 aliphatic heterocycles. The van der Waals surface area contributed by atoms with E-state index >= 15 is 0 Å². The molecule has 0 aliphatic rings. The highest BCUT2D eigenvalue weighted by Gasteiger charge is 2.18. The Balaban J connectivity index is 1.49. The number of methoxy groups -OCH3 is 2. The maximum atomic E-state index is 12.1. The minimum atomic E-state index is -0.190. The van der Waals surface area contributed by atoms with Gasteiger partial charge in [-0.05, 0) is 54.3 Å². The van der Waals surface area contributed by atoms with Crippen LogP contribution in [0.5, 0.6) is 11.5 Å². The Kier molecular flexibility index (Phi) is 8.19. The first-order valence-electron chi connectivity index (χ1n) is 11.8. The highest BCUT2D eigenvalue weighted by Crippen LogP contribution is 2.31. The number of benzene rings is 3. The van der Waals surface area contributed by atoms with Gasteiger partial charge in [0.05, 0.1) is 18.7 Å². The van der Waals surface area contributed by atoms with Gasteiger partial charge in [0.2, 0.25) is 5.56 Å². The molecule has 0 radical (unpaired) electrons. The van der Waals surface area contributed by atoms with E-state index in [0.717, 1.165) is 28.7 Å². The molecule has 1 aromatic heterocycles. The van der Waals surface area contributed by atoms with Crippen LogP contribution in [0.4, 0.5) is 0 Å². The van der Waals surface area contributed by atoms with Crippen LogP contribution in [0.2, 0.25) is 0 Å². The van der Waals surface area contributed by atoms with Crippen molar-refractivity contribution >= 4 is 10.9 Å². The molecule has 2 N–H and O–H groups in total. The van der Waals surface area contributed by atoms with Crippen molar-refractivity contribution in [3.05, 3.63) is 106 Å². The number of nitrogens with one attached hydrogen (secondary N) is 2. The predicted molar refractivity (Wildman–Crippen MR) is 139 cm³/mol. The summed E-state index contributed by atoms with van der Waals surface area (Å²) in [5.74, 6) is 1.50. The van der Waals surface area contributed by atoms with E-state index in [9.17, 15) is 4.79 Å². The zero-order valence-electron chi connectivity index (χ0n) is 20.4. The summed E-state index contributed by atoms with van der Waals surface area (Å²) in [7, 11) is 3.38. The SMILES string of the molecule is COc1ccc(C[C@H](C)NC[C@H](OC)c2ccc(OCc3ccccc3)c3[nH]c(=O)ccc23)cc1. The van der Waals surface area contributed by atoms with Gasteiger partial charge in [-0.15, -0.1) is 0 Å². The van der Waals surface area contributed by atoms with E-state index in [2.05, 4.69) is 29.4 Å². The lowest BCUT2D eigenvalue weighted by Crippen LogP contribution is -2.32. The fourth-order valence-electron chi connectivity index (χ4n) is 4.20. The average molecular weight is 473 g/mol. The number of hydrogen-bond donors (Lipinski definition) is 2. The first-order valence-corrected chi connectivity index (χ1v) is 11.8. The molecule has 1 heterocycles. The second kappa shape index (κ2) is 11.7. The topological polar surface area (TPSA) is 72.6 Å². The Labute approximate surface area is 205 Å². The number of ether oxygens (including phenoxy) is 3. The van der Waals surface area contributed by atoms with Gasteiger partial charge in [0.15, 0.2) is 0 Å². The van der Waals surface area contributed by atoms with Crippen LogP contribution < -0.4 is 20.3 Å². The van der Waals surface area contributed by atoms with Crippen LogP contribution in [0.15, 0.2) is 83.7 Å². The molecule has 182 valence electrons. The minimum Gasteiger partial charge on any atom is -0.497 e. The highest BCUT2D eigenvalue weighted by atomic mass is 16.5. The second-order valence-electron chi connectivity index (χ2n) is 8.62. The highest BCUT2D eigenvalue weighted by molar-refractivity contribution is 5.87. The van der Waals surface area contributed by atoms with Gasteiger partial charge in [0.1, 0.15) is 18.1 Å². The number of aromatic amines is 1. The predicted octanol–water partition coefficient (Wildman–Crippen LogP) is 5.02.